The fourth-order valence-corrected chi connectivity index (χ4v) is 3.41. The minimum Gasteiger partial charge on any atom is -0.350 e. The van der Waals surface area contributed by atoms with Crippen LogP contribution in [0.25, 0.3) is 0 Å². The molecule has 1 amide bonds. The summed E-state index contributed by atoms with van der Waals surface area (Å²) in [6.07, 6.45) is 2.49. The topological polar surface area (TPSA) is 32.3 Å². The summed E-state index contributed by atoms with van der Waals surface area (Å²) in [5, 5.41) is 3.15. The van der Waals surface area contributed by atoms with E-state index >= 15 is 0 Å². The van der Waals surface area contributed by atoms with Gasteiger partial charge >= 0.3 is 0 Å². The molecule has 1 saturated heterocycles. The molecule has 1 heterocycles. The van der Waals surface area contributed by atoms with Crippen LogP contribution in [0.2, 0.25) is 0 Å². The van der Waals surface area contributed by atoms with E-state index in [9.17, 15) is 4.79 Å². The van der Waals surface area contributed by atoms with E-state index in [1.807, 2.05) is 31.2 Å². The van der Waals surface area contributed by atoms with E-state index in [0.29, 0.717) is 6.54 Å². The molecule has 3 nitrogen and oxygen atoms in total. The molecule has 24 heavy (non-hydrogen) atoms. The fraction of sp³-hybridized carbons (Fsp3) is 0.381. The Morgan fingerprint density at radius 1 is 1.04 bits per heavy atom. The maximum absolute atomic E-state index is 12.5. The van der Waals surface area contributed by atoms with Crippen molar-refractivity contribution in [2.75, 3.05) is 19.6 Å². The number of amides is 1. The zero-order valence-electron chi connectivity index (χ0n) is 14.6. The number of benzene rings is 2. The van der Waals surface area contributed by atoms with E-state index in [-0.39, 0.29) is 11.9 Å². The number of aryl methyl sites for hydroxylation is 2. The van der Waals surface area contributed by atoms with Gasteiger partial charge in [-0.05, 0) is 57.0 Å². The first kappa shape index (κ1) is 16.7. The average molecular weight is 322 g/mol. The Bertz CT molecular complexity index is 687. The second-order valence-corrected chi connectivity index (χ2v) is 6.69. The van der Waals surface area contributed by atoms with Crippen LogP contribution in [-0.2, 0) is 0 Å². The lowest BCUT2D eigenvalue weighted by Gasteiger charge is -2.28. The molecule has 0 aliphatic carbocycles. The summed E-state index contributed by atoms with van der Waals surface area (Å²) < 4.78 is 0. The standard InChI is InChI=1S/C21H26N2O/c1-16-9-11-18(12-10-16)20(23-13-5-6-14-23)15-22-21(24)19-8-4-3-7-17(19)2/h3-4,7-12,20H,5-6,13-15H2,1-2H3,(H,22,24)/t20-/m0/s1. The third-order valence-electron chi connectivity index (χ3n) is 4.89. The van der Waals surface area contributed by atoms with Crippen LogP contribution in [0.4, 0.5) is 0 Å². The molecule has 2 aromatic carbocycles. The quantitative estimate of drug-likeness (QED) is 0.906. The Morgan fingerprint density at radius 3 is 2.38 bits per heavy atom. The highest BCUT2D eigenvalue weighted by Crippen LogP contribution is 2.25. The molecule has 1 atom stereocenters. The number of carbonyl (C=O) groups is 1. The summed E-state index contributed by atoms with van der Waals surface area (Å²) in [4.78, 5) is 15.0. The largest absolute Gasteiger partial charge is 0.350 e. The minimum absolute atomic E-state index is 0.0180. The van der Waals surface area contributed by atoms with E-state index in [1.54, 1.807) is 0 Å². The SMILES string of the molecule is Cc1ccc([C@H](CNC(=O)c2ccccc2C)N2CCCC2)cc1. The predicted octanol–water partition coefficient (Wildman–Crippen LogP) is 3.87. The summed E-state index contributed by atoms with van der Waals surface area (Å²) in [5.41, 5.74) is 4.33. The highest BCUT2D eigenvalue weighted by molar-refractivity contribution is 5.95. The summed E-state index contributed by atoms with van der Waals surface area (Å²) in [5.74, 6) is 0.0180. The van der Waals surface area contributed by atoms with Gasteiger partial charge in [-0.15, -0.1) is 0 Å². The zero-order valence-corrected chi connectivity index (χ0v) is 14.6. The Labute approximate surface area is 144 Å². The predicted molar refractivity (Wildman–Crippen MR) is 98.2 cm³/mol. The van der Waals surface area contributed by atoms with Crippen molar-refractivity contribution in [2.45, 2.75) is 32.7 Å². The van der Waals surface area contributed by atoms with Crippen molar-refractivity contribution in [1.29, 1.82) is 0 Å². The van der Waals surface area contributed by atoms with Crippen molar-refractivity contribution < 1.29 is 4.79 Å². The molecule has 1 N–H and O–H groups in total. The third kappa shape index (κ3) is 3.85. The monoisotopic (exact) mass is 322 g/mol. The second kappa shape index (κ2) is 7.63. The molecule has 0 aromatic heterocycles. The molecule has 1 aliphatic heterocycles. The molecule has 0 bridgehead atoms. The summed E-state index contributed by atoms with van der Waals surface area (Å²) in [7, 11) is 0. The second-order valence-electron chi connectivity index (χ2n) is 6.69. The average Bonchev–Trinajstić information content (AvgIpc) is 3.11. The molecular formula is C21H26N2O. The number of rotatable bonds is 5. The van der Waals surface area contributed by atoms with E-state index in [4.69, 9.17) is 0 Å². The van der Waals surface area contributed by atoms with E-state index in [2.05, 4.69) is 41.4 Å². The van der Waals surface area contributed by atoms with Gasteiger partial charge in [-0.25, -0.2) is 0 Å². The fourth-order valence-electron chi connectivity index (χ4n) is 3.41. The molecule has 1 aliphatic rings. The molecule has 0 saturated carbocycles. The van der Waals surface area contributed by atoms with Crippen molar-refractivity contribution in [1.82, 2.24) is 10.2 Å². The minimum atomic E-state index is 0.0180. The van der Waals surface area contributed by atoms with Crippen molar-refractivity contribution in [2.24, 2.45) is 0 Å². The number of nitrogens with one attached hydrogen (secondary N) is 1. The third-order valence-corrected chi connectivity index (χ3v) is 4.89. The van der Waals surface area contributed by atoms with Gasteiger partial charge in [-0.3, -0.25) is 9.69 Å². The molecule has 0 unspecified atom stereocenters. The van der Waals surface area contributed by atoms with Gasteiger partial charge < -0.3 is 5.32 Å². The Hall–Kier alpha value is -2.13. The van der Waals surface area contributed by atoms with Crippen LogP contribution in [0.3, 0.4) is 0 Å². The Kier molecular flexibility index (Phi) is 5.31. The summed E-state index contributed by atoms with van der Waals surface area (Å²) in [6, 6.07) is 16.7. The highest BCUT2D eigenvalue weighted by Gasteiger charge is 2.24. The van der Waals surface area contributed by atoms with Crippen LogP contribution in [-0.4, -0.2) is 30.4 Å². The maximum atomic E-state index is 12.5. The molecule has 2 aromatic rings. The van der Waals surface area contributed by atoms with Crippen molar-refractivity contribution in [3.05, 3.63) is 70.8 Å². The van der Waals surface area contributed by atoms with Gasteiger partial charge in [0, 0.05) is 12.1 Å². The molecule has 0 spiro atoms. The first-order chi connectivity index (χ1) is 11.6. The van der Waals surface area contributed by atoms with Gasteiger partial charge in [0.15, 0.2) is 0 Å². The lowest BCUT2D eigenvalue weighted by Crippen LogP contribution is -2.37. The van der Waals surface area contributed by atoms with E-state index in [1.165, 1.54) is 24.0 Å². The van der Waals surface area contributed by atoms with Crippen LogP contribution in [0, 0.1) is 13.8 Å². The number of nitrogens with zero attached hydrogens (tertiary/aromatic N) is 1. The maximum Gasteiger partial charge on any atom is 0.251 e. The molecule has 3 rings (SSSR count). The molecule has 1 fully saturated rings. The van der Waals surface area contributed by atoms with E-state index in [0.717, 1.165) is 24.2 Å². The Morgan fingerprint density at radius 2 is 1.71 bits per heavy atom. The van der Waals surface area contributed by atoms with Gasteiger partial charge in [-0.2, -0.15) is 0 Å². The van der Waals surface area contributed by atoms with Crippen molar-refractivity contribution in [3.8, 4) is 0 Å². The molecular weight excluding hydrogens is 296 g/mol. The van der Waals surface area contributed by atoms with E-state index < -0.39 is 0 Å². The van der Waals surface area contributed by atoms with Gasteiger partial charge in [0.2, 0.25) is 0 Å². The first-order valence-corrected chi connectivity index (χ1v) is 8.79. The lowest BCUT2D eigenvalue weighted by molar-refractivity contribution is 0.0937. The number of hydrogen-bond acceptors (Lipinski definition) is 2. The summed E-state index contributed by atoms with van der Waals surface area (Å²) in [6.45, 7) is 6.95. The number of likely N-dealkylation sites (tertiary alicyclic amines) is 1. The first-order valence-electron chi connectivity index (χ1n) is 8.79. The highest BCUT2D eigenvalue weighted by atomic mass is 16.1. The van der Waals surface area contributed by atoms with Crippen molar-refractivity contribution in [3.63, 3.8) is 0 Å². The smallest absolute Gasteiger partial charge is 0.251 e. The molecule has 126 valence electrons. The zero-order chi connectivity index (χ0) is 16.9. The normalized spacial score (nSPS) is 16.1. The van der Waals surface area contributed by atoms with Gasteiger partial charge in [0.05, 0.1) is 6.04 Å². The van der Waals surface area contributed by atoms with Gasteiger partial charge in [-0.1, -0.05) is 48.0 Å². The molecule has 0 radical (unpaired) electrons. The van der Waals surface area contributed by atoms with Crippen LogP contribution >= 0.6 is 0 Å². The van der Waals surface area contributed by atoms with Gasteiger partial charge in [0.25, 0.3) is 5.91 Å². The van der Waals surface area contributed by atoms with Crippen LogP contribution < -0.4 is 5.32 Å². The van der Waals surface area contributed by atoms with Gasteiger partial charge in [0.1, 0.15) is 0 Å². The number of carbonyl (C=O) groups excluding carboxylic acids is 1. The Balaban J connectivity index is 1.73. The van der Waals surface area contributed by atoms with Crippen LogP contribution in [0.1, 0.15) is 45.9 Å². The molecule has 3 heteroatoms. The summed E-state index contributed by atoms with van der Waals surface area (Å²) >= 11 is 0. The van der Waals surface area contributed by atoms with Crippen molar-refractivity contribution >= 4 is 5.91 Å². The van der Waals surface area contributed by atoms with Crippen LogP contribution in [0.15, 0.2) is 48.5 Å². The van der Waals surface area contributed by atoms with Crippen LogP contribution in [0.5, 0.6) is 0 Å². The number of hydrogen-bond donors (Lipinski definition) is 1. The lowest BCUT2D eigenvalue weighted by atomic mass is 10.0.